The van der Waals surface area contributed by atoms with Crippen LogP contribution in [0.15, 0.2) is 28.8 Å². The van der Waals surface area contributed by atoms with Gasteiger partial charge in [-0.05, 0) is 39.2 Å². The zero-order chi connectivity index (χ0) is 17.3. The highest BCUT2D eigenvalue weighted by atomic mass is 35.5. The molecule has 0 radical (unpaired) electrons. The molecule has 3 rings (SSSR count). The zero-order valence-electron chi connectivity index (χ0n) is 13.6. The Hall–Kier alpha value is -1.96. The van der Waals surface area contributed by atoms with Gasteiger partial charge in [-0.1, -0.05) is 28.1 Å². The molecule has 0 saturated heterocycles. The highest BCUT2D eigenvalue weighted by molar-refractivity contribution is 7.22. The van der Waals surface area contributed by atoms with Crippen molar-refractivity contribution < 1.29 is 9.32 Å². The number of fused-ring (bicyclic) bond motifs is 1. The van der Waals surface area contributed by atoms with Gasteiger partial charge in [0.1, 0.15) is 0 Å². The van der Waals surface area contributed by atoms with Crippen LogP contribution >= 0.6 is 22.9 Å². The molecule has 0 N–H and O–H groups in total. The van der Waals surface area contributed by atoms with Crippen LogP contribution in [0.4, 0.5) is 5.13 Å². The number of likely N-dealkylation sites (N-methyl/N-ethyl adjacent to an activating group) is 1. The zero-order valence-corrected chi connectivity index (χ0v) is 15.2. The molecular weight excluding hydrogens is 348 g/mol. The molecule has 3 aromatic rings. The van der Waals surface area contributed by atoms with Crippen molar-refractivity contribution in [2.45, 2.75) is 6.92 Å². The van der Waals surface area contributed by atoms with Crippen molar-refractivity contribution in [1.29, 1.82) is 0 Å². The van der Waals surface area contributed by atoms with Gasteiger partial charge < -0.3 is 9.42 Å². The van der Waals surface area contributed by atoms with E-state index in [1.165, 1.54) is 11.3 Å². The number of benzene rings is 1. The van der Waals surface area contributed by atoms with Crippen LogP contribution in [0, 0.1) is 6.92 Å². The molecule has 1 amide bonds. The number of hydrogen-bond donors (Lipinski definition) is 0. The molecule has 2 aromatic heterocycles. The Bertz CT molecular complexity index is 874. The summed E-state index contributed by atoms with van der Waals surface area (Å²) in [7, 11) is 3.92. The molecule has 0 fully saturated rings. The normalized spacial score (nSPS) is 11.4. The molecule has 0 aliphatic rings. The van der Waals surface area contributed by atoms with Gasteiger partial charge in [0.2, 0.25) is 5.76 Å². The average molecular weight is 365 g/mol. The molecule has 1 aromatic carbocycles. The van der Waals surface area contributed by atoms with Gasteiger partial charge in [-0.2, -0.15) is 0 Å². The van der Waals surface area contributed by atoms with E-state index in [2.05, 4.69) is 10.1 Å². The van der Waals surface area contributed by atoms with Crippen molar-refractivity contribution in [1.82, 2.24) is 15.0 Å². The second-order valence-electron chi connectivity index (χ2n) is 5.70. The molecule has 8 heteroatoms. The third-order valence-corrected chi connectivity index (χ3v) is 4.70. The molecule has 0 atom stereocenters. The number of anilines is 1. The average Bonchev–Trinajstić information content (AvgIpc) is 3.12. The minimum Gasteiger partial charge on any atom is -0.351 e. The Labute approximate surface area is 148 Å². The quantitative estimate of drug-likeness (QED) is 0.693. The monoisotopic (exact) mass is 364 g/mol. The van der Waals surface area contributed by atoms with E-state index in [1.54, 1.807) is 24.0 Å². The Morgan fingerprint density at radius 1 is 1.29 bits per heavy atom. The number of thiazole rings is 1. The second-order valence-corrected chi connectivity index (χ2v) is 7.15. The van der Waals surface area contributed by atoms with E-state index in [4.69, 9.17) is 16.1 Å². The molecule has 24 heavy (non-hydrogen) atoms. The van der Waals surface area contributed by atoms with Crippen LogP contribution in [-0.2, 0) is 0 Å². The van der Waals surface area contributed by atoms with Gasteiger partial charge in [0.05, 0.1) is 15.9 Å². The van der Waals surface area contributed by atoms with Crippen molar-refractivity contribution >= 4 is 44.2 Å². The predicted molar refractivity (Wildman–Crippen MR) is 96.1 cm³/mol. The van der Waals surface area contributed by atoms with E-state index in [0.29, 0.717) is 28.9 Å². The van der Waals surface area contributed by atoms with E-state index in [9.17, 15) is 4.79 Å². The Kier molecular flexibility index (Phi) is 4.84. The molecule has 0 saturated carbocycles. The first-order chi connectivity index (χ1) is 11.4. The van der Waals surface area contributed by atoms with Crippen molar-refractivity contribution in [2.24, 2.45) is 0 Å². The lowest BCUT2D eigenvalue weighted by atomic mass is 10.3. The first-order valence-corrected chi connectivity index (χ1v) is 8.59. The minimum absolute atomic E-state index is 0.212. The van der Waals surface area contributed by atoms with E-state index >= 15 is 0 Å². The van der Waals surface area contributed by atoms with Gasteiger partial charge in [0.15, 0.2) is 5.13 Å². The lowest BCUT2D eigenvalue weighted by Gasteiger charge is -2.20. The number of nitrogens with zero attached hydrogens (tertiary/aromatic N) is 4. The Morgan fingerprint density at radius 3 is 2.75 bits per heavy atom. The number of halogens is 1. The summed E-state index contributed by atoms with van der Waals surface area (Å²) < 4.78 is 6.07. The van der Waals surface area contributed by atoms with Gasteiger partial charge in [-0.25, -0.2) is 4.98 Å². The molecular formula is C16H17ClN4O2S. The molecule has 126 valence electrons. The molecule has 6 nitrogen and oxygen atoms in total. The van der Waals surface area contributed by atoms with Crippen molar-refractivity contribution in [2.75, 3.05) is 32.1 Å². The SMILES string of the molecule is Cc1cc(C(=O)N(CCN(C)C)c2nc3ccc(Cl)cc3s2)on1. The fourth-order valence-electron chi connectivity index (χ4n) is 2.18. The predicted octanol–water partition coefficient (Wildman–Crippen LogP) is 3.45. The van der Waals surface area contributed by atoms with Crippen molar-refractivity contribution in [3.8, 4) is 0 Å². The lowest BCUT2D eigenvalue weighted by molar-refractivity contribution is 0.0949. The number of carbonyl (C=O) groups is 1. The fourth-order valence-corrected chi connectivity index (χ4v) is 3.45. The molecule has 0 unspecified atom stereocenters. The summed E-state index contributed by atoms with van der Waals surface area (Å²) in [6, 6.07) is 7.13. The third kappa shape index (κ3) is 3.58. The summed E-state index contributed by atoms with van der Waals surface area (Å²) in [6.45, 7) is 2.98. The summed E-state index contributed by atoms with van der Waals surface area (Å²) >= 11 is 7.47. The smallest absolute Gasteiger partial charge is 0.298 e. The highest BCUT2D eigenvalue weighted by Crippen LogP contribution is 2.31. The number of hydrogen-bond acceptors (Lipinski definition) is 6. The number of amides is 1. The molecule has 0 spiro atoms. The first kappa shape index (κ1) is 16.9. The topological polar surface area (TPSA) is 62.5 Å². The lowest BCUT2D eigenvalue weighted by Crippen LogP contribution is -2.36. The number of aromatic nitrogens is 2. The Morgan fingerprint density at radius 2 is 2.08 bits per heavy atom. The second kappa shape index (κ2) is 6.88. The molecule has 2 heterocycles. The first-order valence-electron chi connectivity index (χ1n) is 7.40. The number of aryl methyl sites for hydroxylation is 1. The maximum absolute atomic E-state index is 12.8. The van der Waals surface area contributed by atoms with Crippen molar-refractivity contribution in [3.63, 3.8) is 0 Å². The van der Waals surface area contributed by atoms with Gasteiger partial charge in [-0.15, -0.1) is 0 Å². The van der Waals surface area contributed by atoms with Crippen LogP contribution in [0.3, 0.4) is 0 Å². The van der Waals surface area contributed by atoms with Gasteiger partial charge in [-0.3, -0.25) is 9.69 Å². The maximum Gasteiger partial charge on any atom is 0.298 e. The molecule has 0 aliphatic heterocycles. The van der Waals surface area contributed by atoms with E-state index in [0.717, 1.165) is 10.2 Å². The summed E-state index contributed by atoms with van der Waals surface area (Å²) in [5, 5.41) is 5.06. The number of rotatable bonds is 5. The standard InChI is InChI=1S/C16H17ClN4O2S/c1-10-8-13(23-19-10)15(22)21(7-6-20(2)3)16-18-12-5-4-11(17)9-14(12)24-16/h4-5,8-9H,6-7H2,1-3H3. The van der Waals surface area contributed by atoms with Gasteiger partial charge in [0, 0.05) is 24.2 Å². The van der Waals surface area contributed by atoms with Crippen LogP contribution in [-0.4, -0.2) is 48.1 Å². The summed E-state index contributed by atoms with van der Waals surface area (Å²) in [5.41, 5.74) is 1.48. The summed E-state index contributed by atoms with van der Waals surface area (Å²) in [4.78, 5) is 21.0. The van der Waals surface area contributed by atoms with Crippen LogP contribution in [0.5, 0.6) is 0 Å². The third-order valence-electron chi connectivity index (χ3n) is 3.42. The largest absolute Gasteiger partial charge is 0.351 e. The van der Waals surface area contributed by atoms with E-state index in [-0.39, 0.29) is 11.7 Å². The number of carbonyl (C=O) groups excluding carboxylic acids is 1. The van der Waals surface area contributed by atoms with Gasteiger partial charge >= 0.3 is 0 Å². The minimum atomic E-state index is -0.248. The van der Waals surface area contributed by atoms with Crippen molar-refractivity contribution in [3.05, 3.63) is 40.7 Å². The molecule has 0 bridgehead atoms. The Balaban J connectivity index is 1.97. The van der Waals surface area contributed by atoms with Crippen LogP contribution in [0.1, 0.15) is 16.2 Å². The molecule has 0 aliphatic carbocycles. The fraction of sp³-hybridized carbons (Fsp3) is 0.312. The van der Waals surface area contributed by atoms with E-state index < -0.39 is 0 Å². The van der Waals surface area contributed by atoms with Crippen LogP contribution in [0.25, 0.3) is 10.2 Å². The maximum atomic E-state index is 12.8. The van der Waals surface area contributed by atoms with Crippen LogP contribution < -0.4 is 4.90 Å². The van der Waals surface area contributed by atoms with Crippen LogP contribution in [0.2, 0.25) is 5.02 Å². The summed E-state index contributed by atoms with van der Waals surface area (Å²) in [5.74, 6) is -0.0360. The summed E-state index contributed by atoms with van der Waals surface area (Å²) in [6.07, 6.45) is 0. The van der Waals surface area contributed by atoms with Gasteiger partial charge in [0.25, 0.3) is 5.91 Å². The van der Waals surface area contributed by atoms with E-state index in [1.807, 2.05) is 31.1 Å². The highest BCUT2D eigenvalue weighted by Gasteiger charge is 2.24.